The van der Waals surface area contributed by atoms with Gasteiger partial charge in [-0.05, 0) is 52.2 Å². The molecule has 0 aromatic heterocycles. The quantitative estimate of drug-likeness (QED) is 0.480. The summed E-state index contributed by atoms with van der Waals surface area (Å²) >= 11 is 0. The van der Waals surface area contributed by atoms with E-state index in [2.05, 4.69) is 52.3 Å². The van der Waals surface area contributed by atoms with Crippen LogP contribution in [0.5, 0.6) is 0 Å². The minimum Gasteiger partial charge on any atom is -0.421 e. The highest BCUT2D eigenvalue weighted by atomic mass is 28.4. The molecule has 0 bridgehead atoms. The van der Waals surface area contributed by atoms with E-state index in [1.54, 1.807) is 0 Å². The summed E-state index contributed by atoms with van der Waals surface area (Å²) in [5, 5.41) is 1.48. The maximum absolute atomic E-state index is 5.87. The lowest BCUT2D eigenvalue weighted by molar-refractivity contribution is 0.379. The Morgan fingerprint density at radius 2 is 1.44 bits per heavy atom. The fourth-order valence-electron chi connectivity index (χ4n) is 0.990. The Morgan fingerprint density at radius 3 is 1.94 bits per heavy atom. The summed E-state index contributed by atoms with van der Waals surface area (Å²) in [6.45, 7) is 15.7. The first-order valence-corrected chi connectivity index (χ1v) is 15.9. The number of hydrogen-bond acceptors (Lipinski definition) is 2. The molecule has 0 N–H and O–H groups in total. The lowest BCUT2D eigenvalue weighted by Crippen LogP contribution is -2.28. The fraction of sp³-hybridized carbons (Fsp3) is 0.833. The summed E-state index contributed by atoms with van der Waals surface area (Å²) in [6, 6.07) is 1.16. The van der Waals surface area contributed by atoms with Gasteiger partial charge >= 0.3 is 0 Å². The van der Waals surface area contributed by atoms with E-state index in [1.165, 1.54) is 5.20 Å². The third-order valence-electron chi connectivity index (χ3n) is 2.02. The average Bonchev–Trinajstić information content (AvgIpc) is 2.13. The van der Waals surface area contributed by atoms with Crippen LogP contribution in [-0.2, 0) is 8.85 Å². The second kappa shape index (κ2) is 8.65. The molecule has 0 spiro atoms. The van der Waals surface area contributed by atoms with E-state index in [1.807, 2.05) is 0 Å². The molecule has 0 heterocycles. The minimum absolute atomic E-state index is 0.826. The Balaban J connectivity index is 3.60. The summed E-state index contributed by atoms with van der Waals surface area (Å²) in [7, 11) is -0.899. The molecule has 2 nitrogen and oxygen atoms in total. The van der Waals surface area contributed by atoms with Gasteiger partial charge in [0.2, 0.25) is 0 Å². The van der Waals surface area contributed by atoms with Crippen molar-refractivity contribution in [2.24, 2.45) is 0 Å². The van der Waals surface area contributed by atoms with Crippen molar-refractivity contribution in [3.05, 3.63) is 11.3 Å². The van der Waals surface area contributed by atoms with Crippen molar-refractivity contribution in [1.82, 2.24) is 0 Å². The smallest absolute Gasteiger partial charge is 0.183 e. The molecule has 0 aliphatic carbocycles. The van der Waals surface area contributed by atoms with Gasteiger partial charge in [-0.3, -0.25) is 0 Å². The van der Waals surface area contributed by atoms with E-state index in [4.69, 9.17) is 8.85 Å². The van der Waals surface area contributed by atoms with Gasteiger partial charge in [0.05, 0.1) is 9.52 Å². The van der Waals surface area contributed by atoms with Crippen LogP contribution in [0.25, 0.3) is 0 Å². The maximum atomic E-state index is 5.87. The summed E-state index contributed by atoms with van der Waals surface area (Å²) < 4.78 is 11.7. The molecule has 0 atom stereocenters. The van der Waals surface area contributed by atoms with Crippen LogP contribution in [0.4, 0.5) is 0 Å². The van der Waals surface area contributed by atoms with Crippen LogP contribution in [0, 0.1) is 0 Å². The summed E-state index contributed by atoms with van der Waals surface area (Å²) in [5.41, 5.74) is 0. The third-order valence-corrected chi connectivity index (χ3v) is 6.51. The van der Waals surface area contributed by atoms with Gasteiger partial charge in [0, 0.05) is 12.5 Å². The van der Waals surface area contributed by atoms with E-state index in [0.717, 1.165) is 37.5 Å². The zero-order valence-electron chi connectivity index (χ0n) is 13.0. The molecule has 0 fully saturated rings. The average molecular weight is 317 g/mol. The van der Waals surface area contributed by atoms with Crippen molar-refractivity contribution < 1.29 is 8.85 Å². The predicted molar refractivity (Wildman–Crippen MR) is 88.7 cm³/mol. The van der Waals surface area contributed by atoms with Crippen LogP contribution in [0.1, 0.15) is 6.92 Å². The lowest BCUT2D eigenvalue weighted by atomic mass is 10.6. The molecule has 18 heavy (non-hydrogen) atoms. The van der Waals surface area contributed by atoms with Crippen molar-refractivity contribution >= 4 is 35.7 Å². The predicted octanol–water partition coefficient (Wildman–Crippen LogP) is 3.33. The Morgan fingerprint density at radius 1 is 0.944 bits per heavy atom. The van der Waals surface area contributed by atoms with Gasteiger partial charge in [-0.2, -0.15) is 0 Å². The molecule has 0 unspecified atom stereocenters. The largest absolute Gasteiger partial charge is 0.421 e. The number of hydrogen-bond donors (Lipinski definition) is 0. The van der Waals surface area contributed by atoms with Crippen LogP contribution in [-0.4, -0.2) is 48.1 Å². The van der Waals surface area contributed by atoms with Crippen LogP contribution in [0.15, 0.2) is 11.3 Å². The van der Waals surface area contributed by atoms with Gasteiger partial charge in [-0.1, -0.05) is 11.3 Å². The van der Waals surface area contributed by atoms with E-state index in [-0.39, 0.29) is 0 Å². The highest BCUT2D eigenvalue weighted by molar-refractivity contribution is 6.70. The molecule has 0 rings (SSSR count). The van der Waals surface area contributed by atoms with Crippen molar-refractivity contribution in [2.45, 2.75) is 52.2 Å². The normalized spacial score (nSPS) is 14.1. The second-order valence-corrected chi connectivity index (χ2v) is 18.0. The zero-order chi connectivity index (χ0) is 14.2. The molecule has 0 aromatic rings. The fourth-order valence-corrected chi connectivity index (χ4v) is 6.40. The van der Waals surface area contributed by atoms with Gasteiger partial charge in [0.25, 0.3) is 0 Å². The first kappa shape index (κ1) is 18.5. The van der Waals surface area contributed by atoms with Gasteiger partial charge < -0.3 is 8.85 Å². The van der Waals surface area contributed by atoms with Crippen LogP contribution >= 0.6 is 0 Å². The molecular weight excluding hydrogens is 288 g/mol. The van der Waals surface area contributed by atoms with E-state index >= 15 is 0 Å². The summed E-state index contributed by atoms with van der Waals surface area (Å²) in [5.74, 6) is 0. The molecular formula is C12H28O2Si4. The summed E-state index contributed by atoms with van der Waals surface area (Å²) in [4.78, 5) is 0. The van der Waals surface area contributed by atoms with Gasteiger partial charge in [0.1, 0.15) is 9.52 Å². The molecule has 0 amide bonds. The Labute approximate surface area is 120 Å². The highest BCUT2D eigenvalue weighted by Gasteiger charge is 2.14. The molecule has 104 valence electrons. The molecule has 0 aliphatic heterocycles. The Hall–Kier alpha value is 0.528. The summed E-state index contributed by atoms with van der Waals surface area (Å²) in [6.07, 6.45) is 4.21. The lowest BCUT2D eigenvalue weighted by Gasteiger charge is -2.17. The zero-order valence-corrected chi connectivity index (χ0v) is 17.0. The van der Waals surface area contributed by atoms with Gasteiger partial charge in [-0.15, -0.1) is 0 Å². The molecule has 0 aromatic carbocycles. The van der Waals surface area contributed by atoms with E-state index < -0.39 is 16.6 Å². The molecule has 0 saturated carbocycles. The van der Waals surface area contributed by atoms with E-state index in [0.29, 0.717) is 0 Å². The minimum atomic E-state index is -1.32. The Kier molecular flexibility index (Phi) is 8.90. The third kappa shape index (κ3) is 14.6. The van der Waals surface area contributed by atoms with E-state index in [9.17, 15) is 0 Å². The first-order valence-electron chi connectivity index (χ1n) is 6.49. The van der Waals surface area contributed by atoms with Crippen molar-refractivity contribution in [2.75, 3.05) is 12.5 Å². The molecule has 0 aliphatic rings. The van der Waals surface area contributed by atoms with Crippen molar-refractivity contribution in [3.63, 3.8) is 0 Å². The molecule has 6 heteroatoms. The van der Waals surface area contributed by atoms with Crippen molar-refractivity contribution in [3.8, 4) is 0 Å². The van der Waals surface area contributed by atoms with Gasteiger partial charge in [-0.25, -0.2) is 0 Å². The van der Waals surface area contributed by atoms with Crippen molar-refractivity contribution in [1.29, 1.82) is 0 Å². The monoisotopic (exact) mass is 316 g/mol. The maximum Gasteiger partial charge on any atom is 0.183 e. The first-order chi connectivity index (χ1) is 8.10. The number of allylic oxidation sites excluding steroid dienone is 2. The van der Waals surface area contributed by atoms with Crippen LogP contribution < -0.4 is 0 Å². The van der Waals surface area contributed by atoms with Crippen LogP contribution in [0.3, 0.4) is 0 Å². The highest BCUT2D eigenvalue weighted by Crippen LogP contribution is 2.04. The molecule has 0 saturated heterocycles. The SMILES string of the molecule is CC(=CC[Si]CO[Si](C)(C)C)[Si]CO[Si](C)(C)C. The van der Waals surface area contributed by atoms with Crippen LogP contribution in [0.2, 0.25) is 45.3 Å². The Bertz CT molecular complexity index is 254. The molecule has 4 radical (unpaired) electrons. The topological polar surface area (TPSA) is 18.5 Å². The standard InChI is InChI=1S/C12H28O2Si4/c1-12(16-11-14-18(5,6)7)8-9-15-10-13-17(2,3)4/h8H,9-11H2,1-7H3. The van der Waals surface area contributed by atoms with Gasteiger partial charge in [0.15, 0.2) is 16.6 Å². The second-order valence-electron chi connectivity index (χ2n) is 6.32. The number of rotatable bonds is 9.